The molecule has 2 aromatic carbocycles. The summed E-state index contributed by atoms with van der Waals surface area (Å²) in [5.74, 6) is 0.393. The summed E-state index contributed by atoms with van der Waals surface area (Å²) in [4.78, 5) is 18.2. The number of rotatable bonds is 5. The van der Waals surface area contributed by atoms with Gasteiger partial charge in [-0.25, -0.2) is 17.9 Å². The Hall–Kier alpha value is -2.84. The highest BCUT2D eigenvalue weighted by Crippen LogP contribution is 2.39. The molecule has 194 valence electrons. The number of amides is 2. The van der Waals surface area contributed by atoms with Crippen molar-refractivity contribution in [2.45, 2.75) is 32.1 Å². The molecule has 9 nitrogen and oxygen atoms in total. The number of furan rings is 1. The molecule has 3 rings (SSSR count). The van der Waals surface area contributed by atoms with Crippen molar-refractivity contribution in [1.29, 1.82) is 0 Å². The van der Waals surface area contributed by atoms with Crippen LogP contribution in [-0.2, 0) is 16.4 Å². The zero-order chi connectivity index (χ0) is 25.2. The van der Waals surface area contributed by atoms with Gasteiger partial charge in [-0.3, -0.25) is 9.59 Å². The quantitative estimate of drug-likeness (QED) is 0.299. The lowest BCUT2D eigenvalue weighted by molar-refractivity contribution is 0.266. The maximum absolute atomic E-state index is 13.3. The van der Waals surface area contributed by atoms with E-state index in [0.29, 0.717) is 17.5 Å². The molecule has 0 saturated heterocycles. The smallest absolute Gasteiger partial charge is 0.273 e. The molecule has 0 spiro atoms. The first-order valence-corrected chi connectivity index (χ1v) is 11.8. The minimum Gasteiger partial charge on any atom is -0.468 e. The Balaban J connectivity index is 0. The van der Waals surface area contributed by atoms with Gasteiger partial charge in [-0.1, -0.05) is 69.9 Å². The maximum Gasteiger partial charge on any atom is 0.273 e. The van der Waals surface area contributed by atoms with Crippen molar-refractivity contribution >= 4 is 45.8 Å². The number of carbonyl (C=O) groups excluding carboxylic acids is 2. The van der Waals surface area contributed by atoms with E-state index < -0.39 is 20.5 Å². The van der Waals surface area contributed by atoms with Crippen LogP contribution in [0.5, 0.6) is 0 Å². The molecule has 0 fully saturated rings. The Labute approximate surface area is 215 Å². The van der Waals surface area contributed by atoms with Gasteiger partial charge in [0.25, 0.3) is 10.5 Å². The van der Waals surface area contributed by atoms with Crippen LogP contribution >= 0.6 is 25.3 Å². The van der Waals surface area contributed by atoms with E-state index >= 15 is 0 Å². The van der Waals surface area contributed by atoms with Gasteiger partial charge < -0.3 is 21.4 Å². The van der Waals surface area contributed by atoms with E-state index in [0.717, 1.165) is 23.3 Å². The van der Waals surface area contributed by atoms with Crippen LogP contribution in [0.3, 0.4) is 0 Å². The SMILES string of the molecule is C.CCCc1occ(-c2ccccc2S(N)(=O)=O)c1-c1ccc(F)cc1.NC(=O)S.NC(=O)S.O. The Morgan fingerprint density at radius 2 is 1.46 bits per heavy atom. The van der Waals surface area contributed by atoms with Gasteiger partial charge in [0.2, 0.25) is 10.0 Å². The molecule has 0 unspecified atom stereocenters. The lowest BCUT2D eigenvalue weighted by atomic mass is 9.95. The topological polar surface area (TPSA) is 191 Å². The Bertz CT molecular complexity index is 1180. The number of thiol groups is 2. The number of halogens is 1. The van der Waals surface area contributed by atoms with Gasteiger partial charge >= 0.3 is 0 Å². The third-order valence-corrected chi connectivity index (χ3v) is 4.93. The molecule has 2 amide bonds. The molecule has 35 heavy (non-hydrogen) atoms. The zero-order valence-corrected chi connectivity index (χ0v) is 20.7. The van der Waals surface area contributed by atoms with Crippen molar-refractivity contribution in [2.24, 2.45) is 16.6 Å². The predicted octanol–water partition coefficient (Wildman–Crippen LogP) is 4.15. The highest BCUT2D eigenvalue weighted by molar-refractivity contribution is 7.96. The van der Waals surface area contributed by atoms with Crippen LogP contribution in [0.1, 0.15) is 26.5 Å². The summed E-state index contributed by atoms with van der Waals surface area (Å²) in [5.41, 5.74) is 11.3. The summed E-state index contributed by atoms with van der Waals surface area (Å²) in [6.45, 7) is 2.02. The molecule has 0 bridgehead atoms. The van der Waals surface area contributed by atoms with Crippen LogP contribution in [0, 0.1) is 5.82 Å². The molecule has 0 aliphatic carbocycles. The number of nitrogens with two attached hydrogens (primary N) is 3. The number of aryl methyl sites for hydroxylation is 1. The van der Waals surface area contributed by atoms with E-state index in [4.69, 9.17) is 19.1 Å². The minimum atomic E-state index is -3.89. The molecule has 8 N–H and O–H groups in total. The first kappa shape index (κ1) is 34.3. The highest BCUT2D eigenvalue weighted by atomic mass is 32.2. The van der Waals surface area contributed by atoms with Crippen LogP contribution < -0.4 is 16.6 Å². The number of sulfonamides is 1. The normalized spacial score (nSPS) is 9.74. The van der Waals surface area contributed by atoms with Crippen molar-refractivity contribution in [1.82, 2.24) is 0 Å². The minimum absolute atomic E-state index is 0. The van der Waals surface area contributed by atoms with Crippen molar-refractivity contribution < 1.29 is 32.3 Å². The second-order valence-electron chi connectivity index (χ2n) is 6.42. The fraction of sp³-hybridized carbons (Fsp3) is 0.182. The summed E-state index contributed by atoms with van der Waals surface area (Å²) < 4.78 is 42.9. The van der Waals surface area contributed by atoms with Gasteiger partial charge in [0.05, 0.1) is 11.2 Å². The summed E-state index contributed by atoms with van der Waals surface area (Å²) in [7, 11) is -3.89. The average molecular weight is 548 g/mol. The number of primary sulfonamides is 1. The Morgan fingerprint density at radius 1 is 0.971 bits per heavy atom. The van der Waals surface area contributed by atoms with Crippen molar-refractivity contribution in [2.75, 3.05) is 0 Å². The molecule has 1 heterocycles. The van der Waals surface area contributed by atoms with Gasteiger partial charge in [0, 0.05) is 23.1 Å². The average Bonchev–Trinajstić information content (AvgIpc) is 3.11. The number of benzene rings is 2. The van der Waals surface area contributed by atoms with Crippen LogP contribution in [0.15, 0.2) is 64.1 Å². The standard InChI is InChI=1S/C19H18FNO3S.2CH3NOS.CH4.H2O/c1-2-5-17-19(13-8-10-14(20)11-9-13)16(12-24-17)15-6-3-4-7-18(15)25(21,22)23;2*2-1(3)4;;/h3-4,6-12H,2,5H2,1H3,(H2,21,22,23);2*(H3,2,3,4);1H4;1H2. The Kier molecular flexibility index (Phi) is 15.6. The molecular weight excluding hydrogens is 517 g/mol. The molecular formula is C22H30FN3O6S3. The predicted molar refractivity (Wildman–Crippen MR) is 142 cm³/mol. The molecule has 0 atom stereocenters. The number of hydrogen-bond acceptors (Lipinski definition) is 5. The molecule has 0 aliphatic rings. The lowest BCUT2D eigenvalue weighted by Gasteiger charge is -2.10. The summed E-state index contributed by atoms with van der Waals surface area (Å²) >= 11 is 6.21. The Morgan fingerprint density at radius 3 is 1.91 bits per heavy atom. The van der Waals surface area contributed by atoms with E-state index in [1.807, 2.05) is 6.92 Å². The van der Waals surface area contributed by atoms with E-state index in [2.05, 4.69) is 36.7 Å². The van der Waals surface area contributed by atoms with Crippen molar-refractivity contribution in [3.8, 4) is 22.3 Å². The van der Waals surface area contributed by atoms with Crippen LogP contribution in [0.4, 0.5) is 14.0 Å². The van der Waals surface area contributed by atoms with Gasteiger partial charge in [-0.05, 0) is 30.2 Å². The van der Waals surface area contributed by atoms with Crippen molar-refractivity contribution in [3.63, 3.8) is 0 Å². The number of carbonyl (C=O) groups is 2. The number of primary amides is 2. The fourth-order valence-corrected chi connectivity index (χ4v) is 3.63. The second kappa shape index (κ2) is 15.9. The van der Waals surface area contributed by atoms with E-state index in [9.17, 15) is 12.8 Å². The first-order chi connectivity index (χ1) is 15.4. The van der Waals surface area contributed by atoms with Gasteiger partial charge in [-0.2, -0.15) is 0 Å². The summed E-state index contributed by atoms with van der Waals surface area (Å²) in [6.07, 6.45) is 3.08. The summed E-state index contributed by atoms with van der Waals surface area (Å²) in [6, 6.07) is 12.6. The van der Waals surface area contributed by atoms with E-state index in [1.165, 1.54) is 24.5 Å². The van der Waals surface area contributed by atoms with E-state index in [-0.39, 0.29) is 23.6 Å². The second-order valence-corrected chi connectivity index (χ2v) is 8.83. The largest absolute Gasteiger partial charge is 0.468 e. The van der Waals surface area contributed by atoms with Gasteiger partial charge in [-0.15, -0.1) is 0 Å². The van der Waals surface area contributed by atoms with Crippen LogP contribution in [-0.4, -0.2) is 24.4 Å². The highest BCUT2D eigenvalue weighted by Gasteiger charge is 2.22. The molecule has 0 radical (unpaired) electrons. The van der Waals surface area contributed by atoms with Gasteiger partial charge in [0.15, 0.2) is 0 Å². The van der Waals surface area contributed by atoms with Crippen LogP contribution in [0.25, 0.3) is 22.3 Å². The molecule has 1 aromatic heterocycles. The monoisotopic (exact) mass is 547 g/mol. The molecule has 0 aliphatic heterocycles. The molecule has 3 aromatic rings. The third kappa shape index (κ3) is 11.4. The maximum atomic E-state index is 13.3. The third-order valence-electron chi connectivity index (χ3n) is 3.96. The van der Waals surface area contributed by atoms with Gasteiger partial charge in [0.1, 0.15) is 11.6 Å². The summed E-state index contributed by atoms with van der Waals surface area (Å²) in [5, 5.41) is 4.08. The lowest BCUT2D eigenvalue weighted by Crippen LogP contribution is -2.13. The van der Waals surface area contributed by atoms with E-state index in [1.54, 1.807) is 30.3 Å². The van der Waals surface area contributed by atoms with Crippen molar-refractivity contribution in [3.05, 3.63) is 66.4 Å². The first-order valence-electron chi connectivity index (χ1n) is 9.33. The molecule has 13 heteroatoms. The molecule has 0 saturated carbocycles. The van der Waals surface area contributed by atoms with Crippen LogP contribution in [0.2, 0.25) is 0 Å². The zero-order valence-electron chi connectivity index (χ0n) is 18.1. The fourth-order valence-electron chi connectivity index (χ4n) is 2.88. The number of hydrogen-bond donors (Lipinski definition) is 5.